The van der Waals surface area contributed by atoms with Crippen LogP contribution in [0.1, 0.15) is 26.0 Å². The van der Waals surface area contributed by atoms with E-state index in [0.29, 0.717) is 44.7 Å². The quantitative estimate of drug-likeness (QED) is 0.670. The molecule has 11 heteroatoms. The van der Waals surface area contributed by atoms with Gasteiger partial charge >= 0.3 is 6.18 Å². The normalized spacial score (nSPS) is 23.3. The second-order valence-corrected chi connectivity index (χ2v) is 8.53. The molecule has 2 unspecified atom stereocenters. The molecule has 168 valence electrons. The zero-order valence-electron chi connectivity index (χ0n) is 17.3. The number of morpholine rings is 1. The molecule has 0 amide bonds. The molecule has 7 nitrogen and oxygen atoms in total. The minimum atomic E-state index is -4.56. The van der Waals surface area contributed by atoms with Crippen LogP contribution in [0, 0.1) is 11.8 Å². The van der Waals surface area contributed by atoms with Gasteiger partial charge in [-0.25, -0.2) is 4.98 Å². The molecule has 1 aromatic heterocycles. The van der Waals surface area contributed by atoms with Gasteiger partial charge in [-0.05, 0) is 30.5 Å². The third kappa shape index (κ3) is 6.64. The van der Waals surface area contributed by atoms with Gasteiger partial charge in [0.1, 0.15) is 5.82 Å². The summed E-state index contributed by atoms with van der Waals surface area (Å²) in [5.74, 6) is 0.902. The second-order valence-electron chi connectivity index (χ2n) is 8.12. The molecule has 2 aliphatic rings. The van der Waals surface area contributed by atoms with Crippen molar-refractivity contribution in [1.82, 2.24) is 20.2 Å². The fourth-order valence-electron chi connectivity index (χ4n) is 3.95. The number of hydrogen-bond donors (Lipinski definition) is 2. The lowest BCUT2D eigenvalue weighted by atomic mass is 9.92. The van der Waals surface area contributed by atoms with Crippen LogP contribution in [0.2, 0.25) is 0 Å². The van der Waals surface area contributed by atoms with Crippen LogP contribution in [0.4, 0.5) is 24.9 Å². The largest absolute Gasteiger partial charge is 0.433 e. The maximum Gasteiger partial charge on any atom is 0.433 e. The lowest BCUT2D eigenvalue weighted by Crippen LogP contribution is -2.42. The average molecular weight is 447 g/mol. The highest BCUT2D eigenvalue weighted by atomic mass is 32.1. The SMILES string of the molecule is CC1CC(C)CN(c2cc(C(F)(F)F)nc(NC(=S)NCCN3CCOCC3)n2)C1. The molecule has 2 aliphatic heterocycles. The van der Waals surface area contributed by atoms with E-state index in [-0.39, 0.29) is 16.9 Å². The Morgan fingerprint density at radius 3 is 2.50 bits per heavy atom. The van der Waals surface area contributed by atoms with E-state index >= 15 is 0 Å². The smallest absolute Gasteiger partial charge is 0.379 e. The van der Waals surface area contributed by atoms with Crippen molar-refractivity contribution in [3.8, 4) is 0 Å². The zero-order chi connectivity index (χ0) is 21.7. The number of rotatable bonds is 5. The number of alkyl halides is 3. The predicted molar refractivity (Wildman–Crippen MR) is 114 cm³/mol. The summed E-state index contributed by atoms with van der Waals surface area (Å²) in [5, 5.41) is 5.94. The molecule has 2 fully saturated rings. The van der Waals surface area contributed by atoms with E-state index in [0.717, 1.165) is 32.1 Å². The van der Waals surface area contributed by atoms with Crippen LogP contribution in [0.15, 0.2) is 6.07 Å². The Kier molecular flexibility index (Phi) is 7.70. The molecule has 0 spiro atoms. The Morgan fingerprint density at radius 2 is 1.87 bits per heavy atom. The van der Waals surface area contributed by atoms with Crippen LogP contribution >= 0.6 is 12.2 Å². The molecule has 30 heavy (non-hydrogen) atoms. The van der Waals surface area contributed by atoms with Crippen molar-refractivity contribution in [1.29, 1.82) is 0 Å². The third-order valence-electron chi connectivity index (χ3n) is 5.24. The number of nitrogens with zero attached hydrogens (tertiary/aromatic N) is 4. The molecule has 0 radical (unpaired) electrons. The number of nitrogens with one attached hydrogen (secondary N) is 2. The van der Waals surface area contributed by atoms with E-state index in [2.05, 4.69) is 39.3 Å². The monoisotopic (exact) mass is 446 g/mol. The number of aromatic nitrogens is 2. The number of ether oxygens (including phenoxy) is 1. The van der Waals surface area contributed by atoms with E-state index in [9.17, 15) is 13.2 Å². The van der Waals surface area contributed by atoms with Gasteiger partial charge < -0.3 is 20.3 Å². The molecule has 0 bridgehead atoms. The summed E-state index contributed by atoms with van der Waals surface area (Å²) < 4.78 is 45.5. The summed E-state index contributed by atoms with van der Waals surface area (Å²) in [7, 11) is 0. The van der Waals surface area contributed by atoms with Gasteiger partial charge in [-0.1, -0.05) is 13.8 Å². The first kappa shape index (κ1) is 23.0. The topological polar surface area (TPSA) is 65.6 Å². The van der Waals surface area contributed by atoms with Gasteiger partial charge in [-0.3, -0.25) is 4.90 Å². The van der Waals surface area contributed by atoms with Crippen LogP contribution in [0.25, 0.3) is 0 Å². The molecule has 3 heterocycles. The maximum absolute atomic E-state index is 13.4. The zero-order valence-corrected chi connectivity index (χ0v) is 18.2. The summed E-state index contributed by atoms with van der Waals surface area (Å²) in [5.41, 5.74) is -0.975. The van der Waals surface area contributed by atoms with Gasteiger partial charge in [0.25, 0.3) is 0 Å². The molecule has 0 saturated carbocycles. The van der Waals surface area contributed by atoms with Gasteiger partial charge in [-0.2, -0.15) is 18.2 Å². The van der Waals surface area contributed by atoms with E-state index in [1.165, 1.54) is 0 Å². The number of piperidine rings is 1. The fraction of sp³-hybridized carbons (Fsp3) is 0.737. The first-order valence-electron chi connectivity index (χ1n) is 10.3. The van der Waals surface area contributed by atoms with Gasteiger partial charge in [-0.15, -0.1) is 0 Å². The second kappa shape index (κ2) is 10.1. The van der Waals surface area contributed by atoms with Gasteiger partial charge in [0.05, 0.1) is 13.2 Å². The van der Waals surface area contributed by atoms with E-state index < -0.39 is 11.9 Å². The highest BCUT2D eigenvalue weighted by molar-refractivity contribution is 7.80. The summed E-state index contributed by atoms with van der Waals surface area (Å²) in [4.78, 5) is 12.1. The minimum absolute atomic E-state index is 0.144. The number of anilines is 2. The predicted octanol–water partition coefficient (Wildman–Crippen LogP) is 2.60. The van der Waals surface area contributed by atoms with E-state index in [1.54, 1.807) is 0 Å². The van der Waals surface area contributed by atoms with Crippen LogP contribution in [-0.4, -0.2) is 72.5 Å². The Labute approximate surface area is 180 Å². The van der Waals surface area contributed by atoms with Crippen molar-refractivity contribution in [3.05, 3.63) is 11.8 Å². The van der Waals surface area contributed by atoms with Gasteiger partial charge in [0, 0.05) is 45.3 Å². The standard InChI is InChI=1S/C19H29F3N6OS/c1-13-9-14(2)12-28(11-13)16-10-15(19(20,21)22)24-17(25-16)26-18(30)23-3-4-27-5-7-29-8-6-27/h10,13-14H,3-9,11-12H2,1-2H3,(H2,23,24,25,26,30). The molecule has 2 N–H and O–H groups in total. The van der Waals surface area contributed by atoms with Crippen molar-refractivity contribution in [2.75, 3.05) is 62.7 Å². The molecule has 2 saturated heterocycles. The van der Waals surface area contributed by atoms with Crippen LogP contribution < -0.4 is 15.5 Å². The summed E-state index contributed by atoms with van der Waals surface area (Å²) >= 11 is 5.24. The first-order chi connectivity index (χ1) is 14.2. The molecular weight excluding hydrogens is 417 g/mol. The minimum Gasteiger partial charge on any atom is -0.379 e. The molecule has 1 aromatic rings. The van der Waals surface area contributed by atoms with Crippen molar-refractivity contribution in [2.45, 2.75) is 26.4 Å². The lowest BCUT2D eigenvalue weighted by Gasteiger charge is -2.36. The Balaban J connectivity index is 1.66. The lowest BCUT2D eigenvalue weighted by molar-refractivity contribution is -0.141. The average Bonchev–Trinajstić information content (AvgIpc) is 2.67. The maximum atomic E-state index is 13.4. The van der Waals surface area contributed by atoms with Gasteiger partial charge in [0.15, 0.2) is 10.8 Å². The third-order valence-corrected chi connectivity index (χ3v) is 5.48. The van der Waals surface area contributed by atoms with Crippen molar-refractivity contribution < 1.29 is 17.9 Å². The van der Waals surface area contributed by atoms with Gasteiger partial charge in [0.2, 0.25) is 5.95 Å². The highest BCUT2D eigenvalue weighted by Crippen LogP contribution is 2.32. The van der Waals surface area contributed by atoms with Crippen molar-refractivity contribution >= 4 is 29.1 Å². The van der Waals surface area contributed by atoms with Crippen molar-refractivity contribution in [3.63, 3.8) is 0 Å². The highest BCUT2D eigenvalue weighted by Gasteiger charge is 2.35. The van der Waals surface area contributed by atoms with Crippen molar-refractivity contribution in [2.24, 2.45) is 11.8 Å². The Bertz CT molecular complexity index is 719. The molecule has 2 atom stereocenters. The first-order valence-corrected chi connectivity index (χ1v) is 10.7. The Hall–Kier alpha value is -1.72. The number of hydrogen-bond acceptors (Lipinski definition) is 6. The molecule has 0 aliphatic carbocycles. The Morgan fingerprint density at radius 1 is 1.20 bits per heavy atom. The van der Waals surface area contributed by atoms with Crippen LogP contribution in [0.5, 0.6) is 0 Å². The molecular formula is C19H29F3N6OS. The van der Waals surface area contributed by atoms with Crippen LogP contribution in [-0.2, 0) is 10.9 Å². The molecule has 0 aromatic carbocycles. The molecule has 3 rings (SSSR count). The fourth-order valence-corrected chi connectivity index (χ4v) is 4.14. The van der Waals surface area contributed by atoms with Crippen LogP contribution in [0.3, 0.4) is 0 Å². The summed E-state index contributed by atoms with van der Waals surface area (Å²) in [6.07, 6.45) is -3.51. The number of thiocarbonyl (C=S) groups is 1. The number of halogens is 3. The van der Waals surface area contributed by atoms with E-state index in [1.807, 2.05) is 4.90 Å². The summed E-state index contributed by atoms with van der Waals surface area (Å²) in [6, 6.07) is 1.02. The van der Waals surface area contributed by atoms with E-state index in [4.69, 9.17) is 17.0 Å². The summed E-state index contributed by atoms with van der Waals surface area (Å²) in [6.45, 7) is 9.99.